The summed E-state index contributed by atoms with van der Waals surface area (Å²) >= 11 is 0. The van der Waals surface area contributed by atoms with Crippen LogP contribution in [0.15, 0.2) is 42.5 Å². The number of ether oxygens (including phenoxy) is 2. The Morgan fingerprint density at radius 3 is 2.55 bits per heavy atom. The Bertz CT molecular complexity index is 936. The van der Waals surface area contributed by atoms with Gasteiger partial charge in [-0.2, -0.15) is 0 Å². The summed E-state index contributed by atoms with van der Waals surface area (Å²) in [5.74, 6) is 0.798. The molecule has 1 aliphatic heterocycles. The fourth-order valence-electron chi connectivity index (χ4n) is 3.12. The molecule has 1 aliphatic rings. The van der Waals surface area contributed by atoms with Crippen molar-refractivity contribution in [2.24, 2.45) is 0 Å². The van der Waals surface area contributed by atoms with Crippen molar-refractivity contribution in [1.82, 2.24) is 4.90 Å². The Balaban J connectivity index is 1.60. The van der Waals surface area contributed by atoms with Crippen molar-refractivity contribution in [2.75, 3.05) is 31.6 Å². The van der Waals surface area contributed by atoms with Gasteiger partial charge in [-0.3, -0.25) is 9.59 Å². The van der Waals surface area contributed by atoms with Crippen molar-refractivity contribution in [3.63, 3.8) is 0 Å². The number of fused-ring (bicyclic) bond motifs is 1. The van der Waals surface area contributed by atoms with E-state index in [-0.39, 0.29) is 18.4 Å². The lowest BCUT2D eigenvalue weighted by molar-refractivity contribution is -0.130. The third-order valence-corrected chi connectivity index (χ3v) is 4.68. The monoisotopic (exact) mass is 394 g/mol. The van der Waals surface area contributed by atoms with E-state index in [1.807, 2.05) is 32.9 Å². The fraction of sp³-hybridized carbons (Fsp3) is 0.304. The number of carbonyl (C=O) groups is 2. The van der Waals surface area contributed by atoms with Crippen LogP contribution >= 0.6 is 0 Å². The molecule has 0 aliphatic carbocycles. The SMILES string of the molecule is CCN(CC(=O)Nc1ccc2c(c1)OCCO2)C(=O)/C=C/c1ccc(C)cc1C. The number of likely N-dealkylation sites (N-methyl/N-ethyl adjacent to an activating group) is 1. The summed E-state index contributed by atoms with van der Waals surface area (Å²) in [6.45, 7) is 7.29. The normalized spacial score (nSPS) is 12.7. The highest BCUT2D eigenvalue weighted by atomic mass is 16.6. The van der Waals surface area contributed by atoms with E-state index in [2.05, 4.69) is 11.4 Å². The van der Waals surface area contributed by atoms with Gasteiger partial charge in [-0.05, 0) is 50.1 Å². The Morgan fingerprint density at radius 2 is 1.83 bits per heavy atom. The minimum absolute atomic E-state index is 0.0268. The molecule has 0 atom stereocenters. The van der Waals surface area contributed by atoms with Crippen LogP contribution in [0.1, 0.15) is 23.6 Å². The first-order valence-electron chi connectivity index (χ1n) is 9.70. The maximum absolute atomic E-state index is 12.5. The van der Waals surface area contributed by atoms with Crippen molar-refractivity contribution in [2.45, 2.75) is 20.8 Å². The maximum atomic E-state index is 12.5. The molecule has 0 spiro atoms. The van der Waals surface area contributed by atoms with Gasteiger partial charge in [-0.15, -0.1) is 0 Å². The van der Waals surface area contributed by atoms with Crippen molar-refractivity contribution < 1.29 is 19.1 Å². The van der Waals surface area contributed by atoms with Crippen molar-refractivity contribution in [1.29, 1.82) is 0 Å². The number of rotatable bonds is 6. The highest BCUT2D eigenvalue weighted by molar-refractivity contribution is 5.98. The van der Waals surface area contributed by atoms with E-state index in [1.165, 1.54) is 16.5 Å². The zero-order chi connectivity index (χ0) is 20.8. The Labute approximate surface area is 171 Å². The molecule has 2 aromatic carbocycles. The molecule has 1 heterocycles. The molecule has 0 unspecified atom stereocenters. The third kappa shape index (κ3) is 5.38. The third-order valence-electron chi connectivity index (χ3n) is 4.68. The number of hydrogen-bond acceptors (Lipinski definition) is 4. The topological polar surface area (TPSA) is 67.9 Å². The summed E-state index contributed by atoms with van der Waals surface area (Å²) < 4.78 is 11.0. The Hall–Kier alpha value is -3.28. The molecule has 0 saturated carbocycles. The molecule has 2 amide bonds. The number of nitrogens with one attached hydrogen (secondary N) is 1. The molecule has 6 nitrogen and oxygen atoms in total. The zero-order valence-corrected chi connectivity index (χ0v) is 17.0. The van der Waals surface area contributed by atoms with Gasteiger partial charge < -0.3 is 19.7 Å². The number of anilines is 1. The predicted molar refractivity (Wildman–Crippen MR) is 113 cm³/mol. The van der Waals surface area contributed by atoms with Gasteiger partial charge in [0, 0.05) is 24.4 Å². The van der Waals surface area contributed by atoms with E-state index in [9.17, 15) is 9.59 Å². The van der Waals surface area contributed by atoms with Crippen LogP contribution in [-0.2, 0) is 9.59 Å². The molecule has 152 valence electrons. The van der Waals surface area contributed by atoms with Gasteiger partial charge in [0.15, 0.2) is 11.5 Å². The smallest absolute Gasteiger partial charge is 0.247 e. The molecule has 0 bridgehead atoms. The van der Waals surface area contributed by atoms with Crippen LogP contribution in [0, 0.1) is 13.8 Å². The summed E-state index contributed by atoms with van der Waals surface area (Å²) in [5.41, 5.74) is 3.87. The van der Waals surface area contributed by atoms with Crippen LogP contribution in [0.3, 0.4) is 0 Å². The van der Waals surface area contributed by atoms with Crippen molar-refractivity contribution in [3.8, 4) is 11.5 Å². The predicted octanol–water partition coefficient (Wildman–Crippen LogP) is 3.58. The molecule has 29 heavy (non-hydrogen) atoms. The highest BCUT2D eigenvalue weighted by Gasteiger charge is 2.16. The second kappa shape index (κ2) is 9.28. The molecule has 6 heteroatoms. The Kier molecular flexibility index (Phi) is 6.54. The first-order valence-corrected chi connectivity index (χ1v) is 9.70. The second-order valence-corrected chi connectivity index (χ2v) is 6.95. The minimum atomic E-state index is -0.267. The summed E-state index contributed by atoms with van der Waals surface area (Å²) in [4.78, 5) is 26.4. The van der Waals surface area contributed by atoms with E-state index >= 15 is 0 Å². The standard InChI is InChI=1S/C23H26N2O4/c1-4-25(23(27)10-7-18-6-5-16(2)13-17(18)3)15-22(26)24-19-8-9-20-21(14-19)29-12-11-28-20/h5-10,13-14H,4,11-12,15H2,1-3H3,(H,24,26)/b10-7+. The average Bonchev–Trinajstić information content (AvgIpc) is 2.71. The number of hydrogen-bond donors (Lipinski definition) is 1. The van der Waals surface area contributed by atoms with Gasteiger partial charge in [0.05, 0.1) is 0 Å². The van der Waals surface area contributed by atoms with E-state index in [0.717, 1.165) is 11.1 Å². The summed E-state index contributed by atoms with van der Waals surface area (Å²) in [5, 5.41) is 2.81. The Morgan fingerprint density at radius 1 is 1.07 bits per heavy atom. The first-order chi connectivity index (χ1) is 14.0. The molecule has 2 aromatic rings. The van der Waals surface area contributed by atoms with Gasteiger partial charge in [-0.1, -0.05) is 23.8 Å². The van der Waals surface area contributed by atoms with Crippen LogP contribution in [0.4, 0.5) is 5.69 Å². The van der Waals surface area contributed by atoms with Crippen molar-refractivity contribution in [3.05, 3.63) is 59.2 Å². The van der Waals surface area contributed by atoms with Gasteiger partial charge in [0.1, 0.15) is 19.8 Å². The van der Waals surface area contributed by atoms with E-state index in [4.69, 9.17) is 9.47 Å². The van der Waals surface area contributed by atoms with Gasteiger partial charge >= 0.3 is 0 Å². The lowest BCUT2D eigenvalue weighted by Gasteiger charge is -2.20. The van der Waals surface area contributed by atoms with E-state index in [0.29, 0.717) is 36.9 Å². The number of aryl methyl sites for hydroxylation is 2. The highest BCUT2D eigenvalue weighted by Crippen LogP contribution is 2.32. The van der Waals surface area contributed by atoms with Gasteiger partial charge in [-0.25, -0.2) is 0 Å². The number of nitrogens with zero attached hydrogens (tertiary/aromatic N) is 1. The van der Waals surface area contributed by atoms with E-state index < -0.39 is 0 Å². The first kappa shape index (κ1) is 20.5. The lowest BCUT2D eigenvalue weighted by Crippen LogP contribution is -2.36. The second-order valence-electron chi connectivity index (χ2n) is 6.95. The molecule has 0 saturated heterocycles. The molecule has 0 aromatic heterocycles. The zero-order valence-electron chi connectivity index (χ0n) is 17.0. The lowest BCUT2D eigenvalue weighted by atomic mass is 10.1. The minimum Gasteiger partial charge on any atom is -0.486 e. The van der Waals surface area contributed by atoms with Crippen LogP contribution in [-0.4, -0.2) is 43.0 Å². The number of carbonyl (C=O) groups excluding carboxylic acids is 2. The van der Waals surface area contributed by atoms with Crippen LogP contribution in [0.25, 0.3) is 6.08 Å². The summed E-state index contributed by atoms with van der Waals surface area (Å²) in [6.07, 6.45) is 3.30. The number of benzene rings is 2. The van der Waals surface area contributed by atoms with Crippen LogP contribution in [0.5, 0.6) is 11.5 Å². The summed E-state index contributed by atoms with van der Waals surface area (Å²) in [7, 11) is 0. The largest absolute Gasteiger partial charge is 0.486 e. The van der Waals surface area contributed by atoms with Gasteiger partial charge in [0.25, 0.3) is 0 Å². The molecule has 0 fully saturated rings. The molecule has 3 rings (SSSR count). The van der Waals surface area contributed by atoms with Crippen LogP contribution < -0.4 is 14.8 Å². The maximum Gasteiger partial charge on any atom is 0.247 e. The van der Waals surface area contributed by atoms with Gasteiger partial charge in [0.2, 0.25) is 11.8 Å². The average molecular weight is 394 g/mol. The molecule has 0 radical (unpaired) electrons. The fourth-order valence-corrected chi connectivity index (χ4v) is 3.12. The molecular formula is C23H26N2O4. The summed E-state index contributed by atoms with van der Waals surface area (Å²) in [6, 6.07) is 11.3. The quantitative estimate of drug-likeness (QED) is 0.761. The van der Waals surface area contributed by atoms with E-state index in [1.54, 1.807) is 24.3 Å². The van der Waals surface area contributed by atoms with Crippen molar-refractivity contribution >= 4 is 23.6 Å². The molecule has 1 N–H and O–H groups in total. The van der Waals surface area contributed by atoms with Crippen LogP contribution in [0.2, 0.25) is 0 Å². The molecular weight excluding hydrogens is 368 g/mol. The number of amides is 2.